The van der Waals surface area contributed by atoms with Crippen LogP contribution in [0.4, 0.5) is 0 Å². The molecule has 0 aromatic heterocycles. The van der Waals surface area contributed by atoms with Crippen LogP contribution in [0.2, 0.25) is 0 Å². The van der Waals surface area contributed by atoms with Crippen LogP contribution < -0.4 is 0 Å². The van der Waals surface area contributed by atoms with Gasteiger partial charge in [-0.05, 0) is 33.1 Å². The van der Waals surface area contributed by atoms with Crippen molar-refractivity contribution in [3.63, 3.8) is 0 Å². The standard InChI is InChI=1S/C12H21NO3/c1-4-5-6-7-8-9-11(14)13(3)10(2)12(15)16/h4-5,10H,6-9H2,1-3H3,(H,15,16)/b5-4+. The van der Waals surface area contributed by atoms with Gasteiger partial charge in [0, 0.05) is 13.5 Å². The number of amides is 1. The van der Waals surface area contributed by atoms with E-state index < -0.39 is 12.0 Å². The normalized spacial score (nSPS) is 12.7. The SMILES string of the molecule is C/C=C/CCCCC(=O)N(C)C(C)C(=O)O. The summed E-state index contributed by atoms with van der Waals surface area (Å²) >= 11 is 0. The molecule has 4 nitrogen and oxygen atoms in total. The minimum atomic E-state index is -0.968. The predicted octanol–water partition coefficient (Wildman–Crippen LogP) is 2.05. The minimum Gasteiger partial charge on any atom is -0.480 e. The van der Waals surface area contributed by atoms with Crippen LogP contribution in [0.5, 0.6) is 0 Å². The molecule has 0 aromatic rings. The van der Waals surface area contributed by atoms with Gasteiger partial charge in [0.15, 0.2) is 0 Å². The Morgan fingerprint density at radius 1 is 1.38 bits per heavy atom. The number of nitrogens with zero attached hydrogens (tertiary/aromatic N) is 1. The zero-order chi connectivity index (χ0) is 12.6. The second-order valence-electron chi connectivity index (χ2n) is 3.83. The molecule has 0 aliphatic heterocycles. The summed E-state index contributed by atoms with van der Waals surface area (Å²) in [6.07, 6.45) is 7.22. The Morgan fingerprint density at radius 3 is 2.50 bits per heavy atom. The minimum absolute atomic E-state index is 0.102. The van der Waals surface area contributed by atoms with Crippen molar-refractivity contribution in [1.29, 1.82) is 0 Å². The number of carbonyl (C=O) groups is 2. The lowest BCUT2D eigenvalue weighted by molar-refractivity contribution is -0.148. The molecule has 4 heteroatoms. The van der Waals surface area contributed by atoms with Gasteiger partial charge in [0.25, 0.3) is 0 Å². The summed E-state index contributed by atoms with van der Waals surface area (Å²) in [5.41, 5.74) is 0. The van der Waals surface area contributed by atoms with E-state index in [-0.39, 0.29) is 5.91 Å². The van der Waals surface area contributed by atoms with Crippen LogP contribution in [0.1, 0.15) is 39.5 Å². The first-order valence-corrected chi connectivity index (χ1v) is 5.60. The van der Waals surface area contributed by atoms with Crippen molar-refractivity contribution >= 4 is 11.9 Å². The van der Waals surface area contributed by atoms with Gasteiger partial charge in [-0.1, -0.05) is 12.2 Å². The smallest absolute Gasteiger partial charge is 0.326 e. The molecule has 0 aliphatic rings. The van der Waals surface area contributed by atoms with Gasteiger partial charge in [-0.15, -0.1) is 0 Å². The molecular formula is C12H21NO3. The van der Waals surface area contributed by atoms with Crippen LogP contribution in [0.25, 0.3) is 0 Å². The Balaban J connectivity index is 3.84. The average molecular weight is 227 g/mol. The molecule has 0 bridgehead atoms. The van der Waals surface area contributed by atoms with Crippen LogP contribution >= 0.6 is 0 Å². The number of likely N-dealkylation sites (N-methyl/N-ethyl adjacent to an activating group) is 1. The van der Waals surface area contributed by atoms with Crippen molar-refractivity contribution in [1.82, 2.24) is 4.90 Å². The highest BCUT2D eigenvalue weighted by Crippen LogP contribution is 2.05. The van der Waals surface area contributed by atoms with Crippen molar-refractivity contribution < 1.29 is 14.7 Å². The molecule has 0 fully saturated rings. The summed E-state index contributed by atoms with van der Waals surface area (Å²) in [7, 11) is 1.53. The second-order valence-corrected chi connectivity index (χ2v) is 3.83. The fourth-order valence-electron chi connectivity index (χ4n) is 1.26. The van der Waals surface area contributed by atoms with Gasteiger partial charge in [-0.2, -0.15) is 0 Å². The molecule has 16 heavy (non-hydrogen) atoms. The van der Waals surface area contributed by atoms with E-state index in [0.29, 0.717) is 6.42 Å². The topological polar surface area (TPSA) is 57.6 Å². The summed E-state index contributed by atoms with van der Waals surface area (Å²) in [4.78, 5) is 23.5. The van der Waals surface area contributed by atoms with E-state index >= 15 is 0 Å². The van der Waals surface area contributed by atoms with Crippen molar-refractivity contribution in [2.45, 2.75) is 45.6 Å². The molecule has 92 valence electrons. The Bertz CT molecular complexity index is 261. The Kier molecular flexibility index (Phi) is 7.25. The van der Waals surface area contributed by atoms with E-state index in [2.05, 4.69) is 6.08 Å². The van der Waals surface area contributed by atoms with E-state index in [4.69, 9.17) is 5.11 Å². The van der Waals surface area contributed by atoms with E-state index in [0.717, 1.165) is 19.3 Å². The fraction of sp³-hybridized carbons (Fsp3) is 0.667. The number of unbranched alkanes of at least 4 members (excludes halogenated alkanes) is 2. The number of hydrogen-bond donors (Lipinski definition) is 1. The molecule has 0 saturated carbocycles. The Labute approximate surface area is 96.9 Å². The quantitative estimate of drug-likeness (QED) is 0.535. The molecule has 0 rings (SSSR count). The molecule has 0 aliphatic carbocycles. The molecule has 0 aromatic carbocycles. The number of carbonyl (C=O) groups excluding carboxylic acids is 1. The average Bonchev–Trinajstić information content (AvgIpc) is 2.26. The second kappa shape index (κ2) is 7.91. The van der Waals surface area contributed by atoms with E-state index in [1.165, 1.54) is 18.9 Å². The molecule has 1 N–H and O–H groups in total. The third kappa shape index (κ3) is 5.53. The van der Waals surface area contributed by atoms with E-state index in [1.807, 2.05) is 13.0 Å². The molecule has 0 heterocycles. The zero-order valence-corrected chi connectivity index (χ0v) is 10.3. The Morgan fingerprint density at radius 2 is 2.00 bits per heavy atom. The third-order valence-electron chi connectivity index (χ3n) is 2.58. The molecule has 0 saturated heterocycles. The molecule has 0 radical (unpaired) electrons. The lowest BCUT2D eigenvalue weighted by Crippen LogP contribution is -2.40. The van der Waals surface area contributed by atoms with Crippen LogP contribution in [0.3, 0.4) is 0 Å². The highest BCUT2D eigenvalue weighted by molar-refractivity contribution is 5.83. The molecule has 1 unspecified atom stereocenters. The first-order chi connectivity index (χ1) is 7.50. The number of carboxylic acids is 1. The van der Waals surface area contributed by atoms with Gasteiger partial charge in [-0.25, -0.2) is 4.79 Å². The molecule has 0 spiro atoms. The number of hydrogen-bond acceptors (Lipinski definition) is 2. The van der Waals surface area contributed by atoms with Crippen LogP contribution in [0, 0.1) is 0 Å². The Hall–Kier alpha value is -1.32. The van der Waals surface area contributed by atoms with Gasteiger partial charge < -0.3 is 10.0 Å². The van der Waals surface area contributed by atoms with Gasteiger partial charge in [0.2, 0.25) is 5.91 Å². The third-order valence-corrected chi connectivity index (χ3v) is 2.58. The predicted molar refractivity (Wildman–Crippen MR) is 63.1 cm³/mol. The fourth-order valence-corrected chi connectivity index (χ4v) is 1.26. The number of allylic oxidation sites excluding steroid dienone is 2. The largest absolute Gasteiger partial charge is 0.480 e. The van der Waals surface area contributed by atoms with Crippen molar-refractivity contribution in [2.75, 3.05) is 7.05 Å². The lowest BCUT2D eigenvalue weighted by Gasteiger charge is -2.21. The highest BCUT2D eigenvalue weighted by atomic mass is 16.4. The lowest BCUT2D eigenvalue weighted by atomic mass is 10.1. The van der Waals surface area contributed by atoms with Crippen LogP contribution in [0.15, 0.2) is 12.2 Å². The van der Waals surface area contributed by atoms with Crippen molar-refractivity contribution in [3.8, 4) is 0 Å². The highest BCUT2D eigenvalue weighted by Gasteiger charge is 2.20. The first-order valence-electron chi connectivity index (χ1n) is 5.60. The summed E-state index contributed by atoms with van der Waals surface area (Å²) in [5, 5.41) is 8.74. The van der Waals surface area contributed by atoms with E-state index in [1.54, 1.807) is 0 Å². The monoisotopic (exact) mass is 227 g/mol. The van der Waals surface area contributed by atoms with Gasteiger partial charge >= 0.3 is 5.97 Å². The van der Waals surface area contributed by atoms with Crippen molar-refractivity contribution in [2.24, 2.45) is 0 Å². The summed E-state index contributed by atoms with van der Waals surface area (Å²) in [6, 6.07) is -0.747. The zero-order valence-electron chi connectivity index (χ0n) is 10.3. The maximum Gasteiger partial charge on any atom is 0.326 e. The van der Waals surface area contributed by atoms with Crippen molar-refractivity contribution in [3.05, 3.63) is 12.2 Å². The molecule has 1 atom stereocenters. The summed E-state index contributed by atoms with van der Waals surface area (Å²) in [6.45, 7) is 3.48. The number of aliphatic carboxylic acids is 1. The maximum absolute atomic E-state index is 11.6. The molecular weight excluding hydrogens is 206 g/mol. The van der Waals surface area contributed by atoms with E-state index in [9.17, 15) is 9.59 Å². The van der Waals surface area contributed by atoms with Crippen LogP contribution in [-0.4, -0.2) is 35.0 Å². The first kappa shape index (κ1) is 14.7. The van der Waals surface area contributed by atoms with Gasteiger partial charge in [0.05, 0.1) is 0 Å². The summed E-state index contributed by atoms with van der Waals surface area (Å²) < 4.78 is 0. The van der Waals surface area contributed by atoms with Crippen LogP contribution in [-0.2, 0) is 9.59 Å². The number of carboxylic acid groups (broad SMARTS) is 1. The maximum atomic E-state index is 11.6. The van der Waals surface area contributed by atoms with Gasteiger partial charge in [0.1, 0.15) is 6.04 Å². The van der Waals surface area contributed by atoms with Gasteiger partial charge in [-0.3, -0.25) is 4.79 Å². The number of rotatable bonds is 7. The molecule has 1 amide bonds. The summed E-state index contributed by atoms with van der Waals surface area (Å²) in [5.74, 6) is -1.07.